The lowest BCUT2D eigenvalue weighted by Crippen LogP contribution is -2.35. The van der Waals surface area contributed by atoms with Gasteiger partial charge in [0.25, 0.3) is 0 Å². The maximum absolute atomic E-state index is 9.71. The lowest BCUT2D eigenvalue weighted by atomic mass is 9.90. The van der Waals surface area contributed by atoms with Crippen molar-refractivity contribution < 1.29 is 9.52 Å². The Morgan fingerprint density at radius 1 is 1.08 bits per heavy atom. The third-order valence-corrected chi connectivity index (χ3v) is 5.22. The molecule has 0 aliphatic carbocycles. The first-order valence-corrected chi connectivity index (χ1v) is 9.27. The van der Waals surface area contributed by atoms with Crippen LogP contribution in [0.3, 0.4) is 0 Å². The number of benzene rings is 2. The summed E-state index contributed by atoms with van der Waals surface area (Å²) in [6.07, 6.45) is 4.54. The average molecular weight is 335 g/mol. The quantitative estimate of drug-likeness (QED) is 0.716. The van der Waals surface area contributed by atoms with Crippen molar-refractivity contribution in [3.05, 3.63) is 65.9 Å². The third kappa shape index (κ3) is 3.88. The molecule has 130 valence electrons. The lowest BCUT2D eigenvalue weighted by Gasteiger charge is -2.33. The molecule has 2 heterocycles. The minimum Gasteiger partial charge on any atom is -0.508 e. The standard InChI is InChI=1S/C22H25NO2/c24-20-9-3-7-17(14-20)19-8-4-12-23(16-19)13-5-10-21-15-18-6-1-2-11-22(18)25-21/h1-3,6-7,9,11,14-15,19,24H,4-5,8,10,12-13,16H2. The van der Waals surface area contributed by atoms with Gasteiger partial charge >= 0.3 is 0 Å². The molecular weight excluding hydrogens is 310 g/mol. The smallest absolute Gasteiger partial charge is 0.134 e. The van der Waals surface area contributed by atoms with Gasteiger partial charge in [0.15, 0.2) is 0 Å². The van der Waals surface area contributed by atoms with Crippen LogP contribution in [0, 0.1) is 0 Å². The number of hydrogen-bond donors (Lipinski definition) is 1. The SMILES string of the molecule is Oc1cccc(C2CCCN(CCCc3cc4ccccc4o3)C2)c1. The molecule has 0 radical (unpaired) electrons. The Balaban J connectivity index is 1.31. The molecule has 3 heteroatoms. The van der Waals surface area contributed by atoms with Gasteiger partial charge in [0, 0.05) is 18.4 Å². The van der Waals surface area contributed by atoms with Gasteiger partial charge in [-0.1, -0.05) is 30.3 Å². The number of likely N-dealkylation sites (tertiary alicyclic amines) is 1. The first-order chi connectivity index (χ1) is 12.3. The van der Waals surface area contributed by atoms with E-state index in [1.807, 2.05) is 24.3 Å². The van der Waals surface area contributed by atoms with Gasteiger partial charge in [-0.25, -0.2) is 0 Å². The number of rotatable bonds is 5. The van der Waals surface area contributed by atoms with E-state index >= 15 is 0 Å². The number of phenols is 1. The molecule has 3 nitrogen and oxygen atoms in total. The molecule has 0 amide bonds. The zero-order chi connectivity index (χ0) is 17.1. The third-order valence-electron chi connectivity index (χ3n) is 5.22. The molecule has 1 aromatic heterocycles. The summed E-state index contributed by atoms with van der Waals surface area (Å²) >= 11 is 0. The van der Waals surface area contributed by atoms with E-state index in [9.17, 15) is 5.11 Å². The topological polar surface area (TPSA) is 36.6 Å². The number of nitrogens with zero attached hydrogens (tertiary/aromatic N) is 1. The monoisotopic (exact) mass is 335 g/mol. The van der Waals surface area contributed by atoms with Crippen LogP contribution in [0.4, 0.5) is 0 Å². The Hall–Kier alpha value is -2.26. The van der Waals surface area contributed by atoms with Crippen molar-refractivity contribution in [1.82, 2.24) is 4.90 Å². The van der Waals surface area contributed by atoms with Gasteiger partial charge in [-0.15, -0.1) is 0 Å². The van der Waals surface area contributed by atoms with E-state index in [4.69, 9.17) is 4.42 Å². The summed E-state index contributed by atoms with van der Waals surface area (Å²) in [5.41, 5.74) is 2.25. The highest BCUT2D eigenvalue weighted by Gasteiger charge is 2.21. The molecule has 25 heavy (non-hydrogen) atoms. The van der Waals surface area contributed by atoms with E-state index in [0.29, 0.717) is 11.7 Å². The van der Waals surface area contributed by atoms with Crippen molar-refractivity contribution in [3.63, 3.8) is 0 Å². The van der Waals surface area contributed by atoms with Gasteiger partial charge in [0.05, 0.1) is 0 Å². The second kappa shape index (κ2) is 7.32. The summed E-state index contributed by atoms with van der Waals surface area (Å²) in [6.45, 7) is 3.37. The lowest BCUT2D eigenvalue weighted by molar-refractivity contribution is 0.205. The Morgan fingerprint density at radius 2 is 2.00 bits per heavy atom. The molecule has 1 aliphatic rings. The average Bonchev–Trinajstić information content (AvgIpc) is 3.05. The largest absolute Gasteiger partial charge is 0.508 e. The molecule has 1 unspecified atom stereocenters. The van der Waals surface area contributed by atoms with Crippen LogP contribution in [0.2, 0.25) is 0 Å². The minimum absolute atomic E-state index is 0.375. The van der Waals surface area contributed by atoms with Crippen LogP contribution in [-0.2, 0) is 6.42 Å². The van der Waals surface area contributed by atoms with E-state index in [1.54, 1.807) is 6.07 Å². The molecule has 1 atom stereocenters. The first-order valence-electron chi connectivity index (χ1n) is 9.27. The molecule has 1 aliphatic heterocycles. The van der Waals surface area contributed by atoms with Crippen molar-refractivity contribution in [2.75, 3.05) is 19.6 Å². The fraction of sp³-hybridized carbons (Fsp3) is 0.364. The number of aromatic hydroxyl groups is 1. The highest BCUT2D eigenvalue weighted by Crippen LogP contribution is 2.29. The Labute approximate surface area is 148 Å². The molecule has 3 aromatic rings. The van der Waals surface area contributed by atoms with Crippen LogP contribution < -0.4 is 0 Å². The number of para-hydroxylation sites is 1. The zero-order valence-corrected chi connectivity index (χ0v) is 14.5. The van der Waals surface area contributed by atoms with Crippen LogP contribution in [0.5, 0.6) is 5.75 Å². The van der Waals surface area contributed by atoms with Crippen LogP contribution in [0.1, 0.15) is 36.5 Å². The van der Waals surface area contributed by atoms with Crippen LogP contribution in [0.15, 0.2) is 59.0 Å². The molecule has 1 N–H and O–H groups in total. The molecular formula is C22H25NO2. The summed E-state index contributed by atoms with van der Waals surface area (Å²) in [4.78, 5) is 2.56. The summed E-state index contributed by atoms with van der Waals surface area (Å²) < 4.78 is 5.91. The Morgan fingerprint density at radius 3 is 2.88 bits per heavy atom. The predicted molar refractivity (Wildman–Crippen MR) is 101 cm³/mol. The minimum atomic E-state index is 0.375. The number of aryl methyl sites for hydroxylation is 1. The molecule has 0 saturated carbocycles. The Bertz CT molecular complexity index is 806. The zero-order valence-electron chi connectivity index (χ0n) is 14.5. The molecule has 0 bridgehead atoms. The van der Waals surface area contributed by atoms with E-state index in [2.05, 4.69) is 29.2 Å². The molecule has 1 fully saturated rings. The van der Waals surface area contributed by atoms with E-state index in [-0.39, 0.29) is 0 Å². The second-order valence-corrected chi connectivity index (χ2v) is 7.09. The molecule has 0 spiro atoms. The van der Waals surface area contributed by atoms with Gasteiger partial charge in [0.2, 0.25) is 0 Å². The highest BCUT2D eigenvalue weighted by atomic mass is 16.3. The first kappa shape index (κ1) is 16.2. The summed E-state index contributed by atoms with van der Waals surface area (Å²) in [6, 6.07) is 18.1. The number of piperidine rings is 1. The maximum Gasteiger partial charge on any atom is 0.134 e. The second-order valence-electron chi connectivity index (χ2n) is 7.09. The van der Waals surface area contributed by atoms with Crippen LogP contribution >= 0.6 is 0 Å². The van der Waals surface area contributed by atoms with Crippen molar-refractivity contribution in [2.24, 2.45) is 0 Å². The number of hydrogen-bond acceptors (Lipinski definition) is 3. The number of phenolic OH excluding ortho intramolecular Hbond substituents is 1. The fourth-order valence-electron chi connectivity index (χ4n) is 3.95. The van der Waals surface area contributed by atoms with Crippen LogP contribution in [0.25, 0.3) is 11.0 Å². The molecule has 4 rings (SSSR count). The van der Waals surface area contributed by atoms with Gasteiger partial charge < -0.3 is 14.4 Å². The fourth-order valence-corrected chi connectivity index (χ4v) is 3.95. The van der Waals surface area contributed by atoms with E-state index in [0.717, 1.165) is 37.3 Å². The Kier molecular flexibility index (Phi) is 4.75. The van der Waals surface area contributed by atoms with Gasteiger partial charge in [-0.3, -0.25) is 0 Å². The summed E-state index contributed by atoms with van der Waals surface area (Å²) in [7, 11) is 0. The van der Waals surface area contributed by atoms with Gasteiger partial charge in [-0.05, 0) is 68.1 Å². The van der Waals surface area contributed by atoms with Crippen LogP contribution in [-0.4, -0.2) is 29.6 Å². The molecule has 1 saturated heterocycles. The normalized spacial score (nSPS) is 18.6. The predicted octanol–water partition coefficient (Wildman–Crippen LogP) is 4.95. The maximum atomic E-state index is 9.71. The number of furan rings is 1. The summed E-state index contributed by atoms with van der Waals surface area (Å²) in [5, 5.41) is 10.9. The van der Waals surface area contributed by atoms with Gasteiger partial charge in [0.1, 0.15) is 17.1 Å². The van der Waals surface area contributed by atoms with E-state index < -0.39 is 0 Å². The molecule has 2 aromatic carbocycles. The van der Waals surface area contributed by atoms with Crippen molar-refractivity contribution in [2.45, 2.75) is 31.6 Å². The van der Waals surface area contributed by atoms with Crippen molar-refractivity contribution >= 4 is 11.0 Å². The van der Waals surface area contributed by atoms with Gasteiger partial charge in [-0.2, -0.15) is 0 Å². The van der Waals surface area contributed by atoms with E-state index in [1.165, 1.54) is 30.3 Å². The highest BCUT2D eigenvalue weighted by molar-refractivity contribution is 5.77. The van der Waals surface area contributed by atoms with Crippen molar-refractivity contribution in [3.8, 4) is 5.75 Å². The van der Waals surface area contributed by atoms with Crippen molar-refractivity contribution in [1.29, 1.82) is 0 Å². The number of fused-ring (bicyclic) bond motifs is 1. The summed E-state index contributed by atoms with van der Waals surface area (Å²) in [5.74, 6) is 1.99.